The van der Waals surface area contributed by atoms with Gasteiger partial charge in [0.1, 0.15) is 5.82 Å². The maximum Gasteiger partial charge on any atom is 0.356 e. The number of nitrogens with zero attached hydrogens (tertiary/aromatic N) is 3. The molecule has 1 aromatic carbocycles. The van der Waals surface area contributed by atoms with E-state index in [2.05, 4.69) is 4.98 Å². The van der Waals surface area contributed by atoms with E-state index in [9.17, 15) is 14.7 Å². The number of carboxylic acids is 1. The third kappa shape index (κ3) is 4.30. The summed E-state index contributed by atoms with van der Waals surface area (Å²) < 4.78 is 3.34. The smallest absolute Gasteiger partial charge is 0.356 e. The van der Waals surface area contributed by atoms with Crippen molar-refractivity contribution in [2.45, 2.75) is 39.2 Å². The van der Waals surface area contributed by atoms with Gasteiger partial charge in [-0.3, -0.25) is 4.79 Å². The molecule has 0 aliphatic heterocycles. The van der Waals surface area contributed by atoms with Crippen molar-refractivity contribution in [1.82, 2.24) is 14.1 Å². The molecule has 0 amide bonds. The van der Waals surface area contributed by atoms with E-state index in [0.29, 0.717) is 27.1 Å². The van der Waals surface area contributed by atoms with Crippen molar-refractivity contribution in [3.8, 4) is 0 Å². The molecule has 0 spiro atoms. The Balaban J connectivity index is 2.28. The Morgan fingerprint density at radius 1 is 1.17 bits per heavy atom. The molecule has 0 saturated carbocycles. The molecular weight excluding hydrogens is 425 g/mol. The van der Waals surface area contributed by atoms with Crippen LogP contribution in [0.5, 0.6) is 0 Å². The number of rotatable bonds is 6. The maximum absolute atomic E-state index is 12.8. The highest BCUT2D eigenvalue weighted by Crippen LogP contribution is 2.34. The van der Waals surface area contributed by atoms with Crippen molar-refractivity contribution < 1.29 is 9.90 Å². The van der Waals surface area contributed by atoms with Gasteiger partial charge < -0.3 is 14.2 Å². The molecule has 3 rings (SSSR count). The summed E-state index contributed by atoms with van der Waals surface area (Å²) in [6.45, 7) is 5.73. The average molecular weight is 448 g/mol. The van der Waals surface area contributed by atoms with Crippen LogP contribution in [-0.4, -0.2) is 25.2 Å². The normalized spacial score (nSPS) is 12.4. The van der Waals surface area contributed by atoms with E-state index in [1.807, 2.05) is 30.5 Å². The van der Waals surface area contributed by atoms with E-state index < -0.39 is 11.9 Å². The molecule has 1 atom stereocenters. The van der Waals surface area contributed by atoms with Crippen molar-refractivity contribution in [2.75, 3.05) is 0 Å². The van der Waals surface area contributed by atoms with E-state index in [1.54, 1.807) is 38.4 Å². The largest absolute Gasteiger partial charge is 0.476 e. The Morgan fingerprint density at radius 3 is 2.37 bits per heavy atom. The molecular formula is C22H23Cl2N3O3. The number of hydrogen-bond donors (Lipinski definition) is 1. The number of carbonyl (C=O) groups is 1. The quantitative estimate of drug-likeness (QED) is 0.585. The predicted octanol–water partition coefficient (Wildman–Crippen LogP) is 4.85. The Labute approximate surface area is 184 Å². The van der Waals surface area contributed by atoms with Gasteiger partial charge in [0.05, 0.1) is 10.7 Å². The van der Waals surface area contributed by atoms with Gasteiger partial charge >= 0.3 is 5.97 Å². The molecule has 6 nitrogen and oxygen atoms in total. The van der Waals surface area contributed by atoms with Crippen LogP contribution in [0.15, 0.2) is 41.3 Å². The number of benzene rings is 1. The highest BCUT2D eigenvalue weighted by atomic mass is 35.5. The van der Waals surface area contributed by atoms with Gasteiger partial charge in [-0.1, -0.05) is 35.3 Å². The van der Waals surface area contributed by atoms with Crippen LogP contribution in [0.3, 0.4) is 0 Å². The summed E-state index contributed by atoms with van der Waals surface area (Å²) >= 11 is 12.3. The lowest BCUT2D eigenvalue weighted by molar-refractivity contribution is 0.0689. The van der Waals surface area contributed by atoms with Crippen LogP contribution >= 0.6 is 23.2 Å². The summed E-state index contributed by atoms with van der Waals surface area (Å²) in [6, 6.07) is 8.82. The molecule has 0 aliphatic rings. The molecule has 1 N–H and O–H groups in total. The van der Waals surface area contributed by atoms with Gasteiger partial charge in [-0.15, -0.1) is 0 Å². The standard InChI is InChI=1S/C22H23Cl2N3O3/c1-12(2)27-13(3)25-19(22(29)30)20(27)18(14-5-7-16(23)8-6-14)10-15-9-17(24)11-26(4)21(15)28/h5-9,11-12,18H,10H2,1-4H3,(H,29,30). The SMILES string of the molecule is Cc1nc(C(=O)O)c(C(Cc2cc(Cl)cn(C)c2=O)c2ccc(Cl)cc2)n1C(C)C. The van der Waals surface area contributed by atoms with Crippen LogP contribution in [0.2, 0.25) is 10.0 Å². The van der Waals surface area contributed by atoms with Gasteiger partial charge in [-0.25, -0.2) is 9.78 Å². The molecule has 2 heterocycles. The fourth-order valence-electron chi connectivity index (χ4n) is 3.87. The number of pyridine rings is 1. The minimum atomic E-state index is -1.11. The molecule has 2 aromatic heterocycles. The van der Waals surface area contributed by atoms with Gasteiger partial charge in [0, 0.05) is 35.8 Å². The monoisotopic (exact) mass is 447 g/mol. The van der Waals surface area contributed by atoms with Gasteiger partial charge in [0.2, 0.25) is 0 Å². The van der Waals surface area contributed by atoms with Crippen LogP contribution in [0.25, 0.3) is 0 Å². The summed E-state index contributed by atoms with van der Waals surface area (Å²) in [7, 11) is 1.64. The molecule has 30 heavy (non-hydrogen) atoms. The van der Waals surface area contributed by atoms with E-state index in [1.165, 1.54) is 4.57 Å². The van der Waals surface area contributed by atoms with E-state index in [0.717, 1.165) is 5.56 Å². The summed E-state index contributed by atoms with van der Waals surface area (Å²) in [5, 5.41) is 10.9. The van der Waals surface area contributed by atoms with Gasteiger partial charge in [-0.2, -0.15) is 0 Å². The minimum Gasteiger partial charge on any atom is -0.476 e. The lowest BCUT2D eigenvalue weighted by Crippen LogP contribution is -2.24. The minimum absolute atomic E-state index is 0.0139. The molecule has 0 bridgehead atoms. The summed E-state index contributed by atoms with van der Waals surface area (Å²) in [4.78, 5) is 29.1. The second-order valence-electron chi connectivity index (χ2n) is 7.57. The molecule has 8 heteroatoms. The zero-order valence-electron chi connectivity index (χ0n) is 17.2. The zero-order chi connectivity index (χ0) is 22.2. The Morgan fingerprint density at radius 2 is 1.80 bits per heavy atom. The van der Waals surface area contributed by atoms with Crippen LogP contribution in [0, 0.1) is 6.92 Å². The predicted molar refractivity (Wildman–Crippen MR) is 118 cm³/mol. The van der Waals surface area contributed by atoms with Crippen LogP contribution in [0.1, 0.15) is 58.9 Å². The van der Waals surface area contributed by atoms with Crippen LogP contribution in [0.4, 0.5) is 0 Å². The molecule has 0 saturated heterocycles. The first-order valence-corrected chi connectivity index (χ1v) is 10.3. The summed E-state index contributed by atoms with van der Waals surface area (Å²) in [6.07, 6.45) is 1.82. The first kappa shape index (κ1) is 22.1. The Bertz CT molecular complexity index is 1150. The van der Waals surface area contributed by atoms with E-state index >= 15 is 0 Å². The fourth-order valence-corrected chi connectivity index (χ4v) is 4.28. The third-order valence-corrected chi connectivity index (χ3v) is 5.55. The van der Waals surface area contributed by atoms with E-state index in [-0.39, 0.29) is 23.7 Å². The molecule has 3 aromatic rings. The number of carboxylic acid groups (broad SMARTS) is 1. The van der Waals surface area contributed by atoms with Crippen LogP contribution in [-0.2, 0) is 13.5 Å². The topological polar surface area (TPSA) is 77.1 Å². The van der Waals surface area contributed by atoms with Crippen molar-refractivity contribution in [3.05, 3.63) is 85.3 Å². The van der Waals surface area contributed by atoms with Gasteiger partial charge in [-0.05, 0) is 51.0 Å². The number of imidazole rings is 1. The number of aromatic carboxylic acids is 1. The second kappa shape index (κ2) is 8.66. The van der Waals surface area contributed by atoms with Crippen molar-refractivity contribution in [3.63, 3.8) is 0 Å². The molecule has 0 radical (unpaired) electrons. The first-order valence-electron chi connectivity index (χ1n) is 9.52. The maximum atomic E-state index is 12.8. The van der Waals surface area contributed by atoms with Crippen molar-refractivity contribution >= 4 is 29.2 Å². The van der Waals surface area contributed by atoms with Crippen LogP contribution < -0.4 is 5.56 Å². The first-order chi connectivity index (χ1) is 14.1. The average Bonchev–Trinajstić information content (AvgIpc) is 3.01. The number of hydrogen-bond acceptors (Lipinski definition) is 3. The van der Waals surface area contributed by atoms with Crippen molar-refractivity contribution in [2.24, 2.45) is 7.05 Å². The number of aryl methyl sites for hydroxylation is 2. The lowest BCUT2D eigenvalue weighted by atomic mass is 9.88. The number of aromatic nitrogens is 3. The highest BCUT2D eigenvalue weighted by molar-refractivity contribution is 6.30. The van der Waals surface area contributed by atoms with Gasteiger partial charge in [0.25, 0.3) is 5.56 Å². The Kier molecular flexibility index (Phi) is 6.38. The molecule has 0 aliphatic carbocycles. The third-order valence-electron chi connectivity index (χ3n) is 5.09. The molecule has 0 fully saturated rings. The zero-order valence-corrected chi connectivity index (χ0v) is 18.7. The van der Waals surface area contributed by atoms with E-state index in [4.69, 9.17) is 23.2 Å². The lowest BCUT2D eigenvalue weighted by Gasteiger charge is -2.23. The van der Waals surface area contributed by atoms with Gasteiger partial charge in [0.15, 0.2) is 5.69 Å². The van der Waals surface area contributed by atoms with Crippen molar-refractivity contribution in [1.29, 1.82) is 0 Å². The fraction of sp³-hybridized carbons (Fsp3) is 0.318. The number of halogens is 2. The Hall–Kier alpha value is -2.57. The second-order valence-corrected chi connectivity index (χ2v) is 8.44. The molecule has 158 valence electrons. The summed E-state index contributed by atoms with van der Waals surface area (Å²) in [5.41, 5.74) is 1.70. The summed E-state index contributed by atoms with van der Waals surface area (Å²) in [5.74, 6) is -0.927. The highest BCUT2D eigenvalue weighted by Gasteiger charge is 2.30. The molecule has 1 unspecified atom stereocenters.